The Morgan fingerprint density at radius 2 is 2.13 bits per heavy atom. The highest BCUT2D eigenvalue weighted by Gasteiger charge is 2.24. The van der Waals surface area contributed by atoms with E-state index in [1.807, 2.05) is 27.7 Å². The van der Waals surface area contributed by atoms with Crippen LogP contribution in [0.1, 0.15) is 27.7 Å². The van der Waals surface area contributed by atoms with Crippen LogP contribution in [0.4, 0.5) is 0 Å². The molecule has 0 radical (unpaired) electrons. The Kier molecular flexibility index (Phi) is 3.88. The molecule has 0 bridgehead atoms. The average molecular weight is 209 g/mol. The zero-order valence-corrected chi connectivity index (χ0v) is 9.87. The topological polar surface area (TPSA) is 44.7 Å². The molecule has 15 heavy (non-hydrogen) atoms. The van der Waals surface area contributed by atoms with Crippen molar-refractivity contribution in [3.05, 3.63) is 11.9 Å². The molecule has 1 heterocycles. The molecular formula is C11H19N3O. The molecule has 1 amide bonds. The first-order chi connectivity index (χ1) is 7.10. The van der Waals surface area contributed by atoms with Crippen LogP contribution in [-0.4, -0.2) is 35.7 Å². The van der Waals surface area contributed by atoms with Gasteiger partial charge in [0.05, 0.1) is 6.04 Å². The molecule has 4 heteroatoms. The molecule has 0 fully saturated rings. The summed E-state index contributed by atoms with van der Waals surface area (Å²) in [4.78, 5) is 18.0. The second kappa shape index (κ2) is 4.96. The lowest BCUT2D eigenvalue weighted by Crippen LogP contribution is -2.46. The highest BCUT2D eigenvalue weighted by molar-refractivity contribution is 6.41. The zero-order chi connectivity index (χ0) is 11.4. The molecule has 1 rings (SSSR count). The van der Waals surface area contributed by atoms with Crippen molar-refractivity contribution < 1.29 is 4.79 Å². The molecule has 4 nitrogen and oxygen atoms in total. The van der Waals surface area contributed by atoms with Gasteiger partial charge in [0.2, 0.25) is 0 Å². The highest BCUT2D eigenvalue weighted by Crippen LogP contribution is 2.05. The van der Waals surface area contributed by atoms with Crippen LogP contribution in [0.25, 0.3) is 0 Å². The summed E-state index contributed by atoms with van der Waals surface area (Å²) in [5.74, 6) is 0.0313. The van der Waals surface area contributed by atoms with Gasteiger partial charge in [-0.15, -0.1) is 0 Å². The molecule has 1 aliphatic rings. The molecule has 0 aromatic rings. The van der Waals surface area contributed by atoms with Crippen LogP contribution in [0.5, 0.6) is 0 Å². The summed E-state index contributed by atoms with van der Waals surface area (Å²) < 4.78 is 0. The van der Waals surface area contributed by atoms with Crippen molar-refractivity contribution in [3.63, 3.8) is 0 Å². The van der Waals surface area contributed by atoms with Gasteiger partial charge in [-0.3, -0.25) is 9.79 Å². The molecular weight excluding hydrogens is 190 g/mol. The third kappa shape index (κ3) is 2.58. The average Bonchev–Trinajstić information content (AvgIpc) is 2.19. The first-order valence-electron chi connectivity index (χ1n) is 5.40. The Bertz CT molecular complexity index is 303. The van der Waals surface area contributed by atoms with Gasteiger partial charge >= 0.3 is 0 Å². The van der Waals surface area contributed by atoms with Crippen molar-refractivity contribution in [1.29, 1.82) is 0 Å². The van der Waals surface area contributed by atoms with Gasteiger partial charge in [0.15, 0.2) is 0 Å². The third-order valence-corrected chi connectivity index (χ3v) is 2.52. The van der Waals surface area contributed by atoms with E-state index >= 15 is 0 Å². The highest BCUT2D eigenvalue weighted by atomic mass is 16.2. The van der Waals surface area contributed by atoms with E-state index in [2.05, 4.69) is 10.3 Å². The van der Waals surface area contributed by atoms with E-state index in [9.17, 15) is 4.79 Å². The van der Waals surface area contributed by atoms with E-state index in [0.29, 0.717) is 5.71 Å². The molecule has 0 aliphatic carbocycles. The van der Waals surface area contributed by atoms with Crippen LogP contribution >= 0.6 is 0 Å². The molecule has 1 atom stereocenters. The van der Waals surface area contributed by atoms with Crippen LogP contribution in [0.2, 0.25) is 0 Å². The van der Waals surface area contributed by atoms with E-state index in [1.165, 1.54) is 0 Å². The number of carbonyl (C=O) groups excluding carboxylic acids is 1. The minimum Gasteiger partial charge on any atom is -0.379 e. The van der Waals surface area contributed by atoms with Crippen LogP contribution in [0.15, 0.2) is 16.9 Å². The summed E-state index contributed by atoms with van der Waals surface area (Å²) in [5.41, 5.74) is 1.60. The molecule has 0 aromatic heterocycles. The quantitative estimate of drug-likeness (QED) is 0.757. The van der Waals surface area contributed by atoms with Gasteiger partial charge in [0, 0.05) is 25.0 Å². The maximum atomic E-state index is 12.0. The number of amides is 1. The molecule has 1 N–H and O–H groups in total. The molecule has 1 aliphatic heterocycles. The second-order valence-corrected chi connectivity index (χ2v) is 3.67. The molecule has 0 spiro atoms. The number of rotatable bonds is 3. The summed E-state index contributed by atoms with van der Waals surface area (Å²) in [7, 11) is 0. The predicted octanol–water partition coefficient (Wildman–Crippen LogP) is 1.15. The second-order valence-electron chi connectivity index (χ2n) is 3.67. The number of hydrogen-bond acceptors (Lipinski definition) is 3. The van der Waals surface area contributed by atoms with E-state index in [-0.39, 0.29) is 11.9 Å². The predicted molar refractivity (Wildman–Crippen MR) is 61.7 cm³/mol. The Labute approximate surface area is 91.1 Å². The Morgan fingerprint density at radius 1 is 1.53 bits per heavy atom. The van der Waals surface area contributed by atoms with Gasteiger partial charge in [0.1, 0.15) is 5.71 Å². The van der Waals surface area contributed by atoms with Crippen molar-refractivity contribution >= 4 is 11.6 Å². The van der Waals surface area contributed by atoms with Crippen LogP contribution in [-0.2, 0) is 4.79 Å². The fourth-order valence-corrected chi connectivity index (χ4v) is 1.64. The normalized spacial score (nSPS) is 20.1. The molecule has 0 aromatic carbocycles. The van der Waals surface area contributed by atoms with Crippen molar-refractivity contribution in [3.8, 4) is 0 Å². The van der Waals surface area contributed by atoms with E-state index in [0.717, 1.165) is 18.8 Å². The van der Waals surface area contributed by atoms with Gasteiger partial charge < -0.3 is 10.2 Å². The SMILES string of the molecule is CCN(CC)C(=O)C1=NC=C(C)NC1C. The number of hydrogen-bond donors (Lipinski definition) is 1. The van der Waals surface area contributed by atoms with Crippen molar-refractivity contribution in [1.82, 2.24) is 10.2 Å². The molecule has 0 saturated heterocycles. The van der Waals surface area contributed by atoms with Gasteiger partial charge in [-0.25, -0.2) is 0 Å². The van der Waals surface area contributed by atoms with Gasteiger partial charge in [-0.2, -0.15) is 0 Å². The monoisotopic (exact) mass is 209 g/mol. The summed E-state index contributed by atoms with van der Waals surface area (Å²) >= 11 is 0. The lowest BCUT2D eigenvalue weighted by Gasteiger charge is -2.25. The Hall–Kier alpha value is -1.32. The van der Waals surface area contributed by atoms with Crippen LogP contribution in [0.3, 0.4) is 0 Å². The number of nitrogens with one attached hydrogen (secondary N) is 1. The fourth-order valence-electron chi connectivity index (χ4n) is 1.64. The first kappa shape index (κ1) is 11.8. The molecule has 0 saturated carbocycles. The minimum absolute atomic E-state index is 0.00287. The first-order valence-corrected chi connectivity index (χ1v) is 5.40. The van der Waals surface area contributed by atoms with Crippen molar-refractivity contribution in [2.75, 3.05) is 13.1 Å². The van der Waals surface area contributed by atoms with E-state index in [4.69, 9.17) is 0 Å². The number of aliphatic imine (C=N–C) groups is 1. The number of carbonyl (C=O) groups is 1. The van der Waals surface area contributed by atoms with Crippen LogP contribution < -0.4 is 5.32 Å². The molecule has 84 valence electrons. The van der Waals surface area contributed by atoms with E-state index in [1.54, 1.807) is 11.1 Å². The summed E-state index contributed by atoms with van der Waals surface area (Å²) in [6.45, 7) is 9.30. The van der Waals surface area contributed by atoms with Crippen LogP contribution in [0, 0.1) is 0 Å². The van der Waals surface area contributed by atoms with Crippen molar-refractivity contribution in [2.24, 2.45) is 4.99 Å². The lowest BCUT2D eigenvalue weighted by molar-refractivity contribution is -0.123. The van der Waals surface area contributed by atoms with Gasteiger partial charge in [0.25, 0.3) is 5.91 Å². The molecule has 1 unspecified atom stereocenters. The zero-order valence-electron chi connectivity index (χ0n) is 9.87. The smallest absolute Gasteiger partial charge is 0.270 e. The number of allylic oxidation sites excluding steroid dienone is 1. The summed E-state index contributed by atoms with van der Waals surface area (Å²) in [5, 5.41) is 3.20. The van der Waals surface area contributed by atoms with Gasteiger partial charge in [-0.1, -0.05) is 0 Å². The third-order valence-electron chi connectivity index (χ3n) is 2.52. The van der Waals surface area contributed by atoms with E-state index < -0.39 is 0 Å². The maximum Gasteiger partial charge on any atom is 0.270 e. The Morgan fingerprint density at radius 3 is 2.60 bits per heavy atom. The number of nitrogens with zero attached hydrogens (tertiary/aromatic N) is 2. The lowest BCUT2D eigenvalue weighted by atomic mass is 10.1. The summed E-state index contributed by atoms with van der Waals surface area (Å²) in [6.07, 6.45) is 1.71. The maximum absolute atomic E-state index is 12.0. The largest absolute Gasteiger partial charge is 0.379 e. The minimum atomic E-state index is 0.00287. The standard InChI is InChI=1S/C11H19N3O/c1-5-14(6-2)11(15)10-9(4)13-8(3)7-12-10/h7,9,13H,5-6H2,1-4H3. The summed E-state index contributed by atoms with van der Waals surface area (Å²) in [6, 6.07) is 0.00287. The fraction of sp³-hybridized carbons (Fsp3) is 0.636. The van der Waals surface area contributed by atoms with Crippen molar-refractivity contribution in [2.45, 2.75) is 33.7 Å². The Balaban J connectivity index is 2.83. The van der Waals surface area contributed by atoms with Gasteiger partial charge in [-0.05, 0) is 27.7 Å².